The van der Waals surface area contributed by atoms with Gasteiger partial charge in [-0.25, -0.2) is 0 Å². The first kappa shape index (κ1) is 23.5. The van der Waals surface area contributed by atoms with Crippen LogP contribution in [0.1, 0.15) is 30.0 Å². The molecule has 0 aliphatic carbocycles. The zero-order chi connectivity index (χ0) is 22.1. The third kappa shape index (κ3) is 6.92. The van der Waals surface area contributed by atoms with E-state index in [9.17, 15) is 0 Å². The average Bonchev–Trinajstić information content (AvgIpc) is 2.77. The summed E-state index contributed by atoms with van der Waals surface area (Å²) in [5.41, 5.74) is 4.65. The van der Waals surface area contributed by atoms with Crippen LogP contribution in [-0.2, 0) is 11.3 Å². The number of morpholine rings is 1. The van der Waals surface area contributed by atoms with Gasteiger partial charge in [-0.3, -0.25) is 4.90 Å². The number of ether oxygens (including phenoxy) is 2. The van der Waals surface area contributed by atoms with E-state index < -0.39 is 0 Å². The van der Waals surface area contributed by atoms with Crippen LogP contribution in [0.3, 0.4) is 0 Å². The molecule has 1 aliphatic rings. The number of hydrogen-bond donors (Lipinski definition) is 1. The van der Waals surface area contributed by atoms with E-state index in [2.05, 4.69) is 59.3 Å². The van der Waals surface area contributed by atoms with Crippen molar-refractivity contribution in [1.82, 2.24) is 9.80 Å². The Balaban J connectivity index is 1.72. The maximum absolute atomic E-state index is 5.89. The number of nitrogens with one attached hydrogen (secondary N) is 1. The van der Waals surface area contributed by atoms with Crippen molar-refractivity contribution in [2.45, 2.75) is 33.7 Å². The fraction of sp³-hybridized carbons (Fsp3) is 0.480. The molecule has 0 aromatic heterocycles. The van der Waals surface area contributed by atoms with Crippen LogP contribution >= 0.6 is 12.2 Å². The molecular formula is C25H35N3O2S. The minimum atomic E-state index is 0.652. The van der Waals surface area contributed by atoms with E-state index in [4.69, 9.17) is 21.7 Å². The first-order valence-corrected chi connectivity index (χ1v) is 11.6. The van der Waals surface area contributed by atoms with Crippen molar-refractivity contribution in [1.29, 1.82) is 0 Å². The first-order chi connectivity index (χ1) is 15.1. The van der Waals surface area contributed by atoms with Crippen molar-refractivity contribution >= 4 is 23.0 Å². The van der Waals surface area contributed by atoms with E-state index in [-0.39, 0.29) is 0 Å². The van der Waals surface area contributed by atoms with Crippen LogP contribution in [0, 0.1) is 13.8 Å². The number of aryl methyl sites for hydroxylation is 2. The van der Waals surface area contributed by atoms with Gasteiger partial charge in [0.25, 0.3) is 0 Å². The molecule has 2 aromatic rings. The van der Waals surface area contributed by atoms with Crippen molar-refractivity contribution in [3.63, 3.8) is 0 Å². The summed E-state index contributed by atoms with van der Waals surface area (Å²) >= 11 is 5.89. The van der Waals surface area contributed by atoms with Crippen molar-refractivity contribution in [2.75, 3.05) is 51.3 Å². The van der Waals surface area contributed by atoms with E-state index in [0.29, 0.717) is 6.61 Å². The summed E-state index contributed by atoms with van der Waals surface area (Å²) in [6.07, 6.45) is 1.05. The quantitative estimate of drug-likeness (QED) is 0.572. The zero-order valence-corrected chi connectivity index (χ0v) is 19.8. The number of thiocarbonyl (C=S) groups is 1. The van der Waals surface area contributed by atoms with Crippen molar-refractivity contribution < 1.29 is 9.47 Å². The van der Waals surface area contributed by atoms with Crippen LogP contribution in [0.25, 0.3) is 0 Å². The van der Waals surface area contributed by atoms with E-state index in [0.717, 1.165) is 74.5 Å². The molecule has 2 aromatic carbocycles. The average molecular weight is 442 g/mol. The summed E-state index contributed by atoms with van der Waals surface area (Å²) in [5, 5.41) is 4.28. The lowest BCUT2D eigenvalue weighted by atomic mass is 10.1. The van der Waals surface area contributed by atoms with E-state index in [1.165, 1.54) is 11.1 Å². The molecule has 0 unspecified atom stereocenters. The van der Waals surface area contributed by atoms with Crippen LogP contribution in [0.4, 0.5) is 5.69 Å². The van der Waals surface area contributed by atoms with Gasteiger partial charge in [0.05, 0.1) is 19.8 Å². The Morgan fingerprint density at radius 2 is 1.81 bits per heavy atom. The second-order valence-corrected chi connectivity index (χ2v) is 8.35. The van der Waals surface area contributed by atoms with Gasteiger partial charge in [0.2, 0.25) is 0 Å². The molecule has 168 valence electrons. The summed E-state index contributed by atoms with van der Waals surface area (Å²) in [7, 11) is 0. The molecular weight excluding hydrogens is 406 g/mol. The standard InChI is InChI=1S/C25H35N3O2S/c1-4-30-23-12-6-5-11-22(23)19-28(14-8-13-27-15-17-29-18-16-27)25(31)26-24-20(2)9-7-10-21(24)3/h5-7,9-12H,4,8,13-19H2,1-3H3,(H,26,31). The molecule has 1 heterocycles. The van der Waals surface area contributed by atoms with E-state index in [1.807, 2.05) is 19.1 Å². The highest BCUT2D eigenvalue weighted by molar-refractivity contribution is 7.80. The second kappa shape index (κ2) is 12.0. The summed E-state index contributed by atoms with van der Waals surface area (Å²) in [5.74, 6) is 0.929. The SMILES string of the molecule is CCOc1ccccc1CN(CCCN1CCOCC1)C(=S)Nc1c(C)cccc1C. The van der Waals surface area contributed by atoms with Crippen molar-refractivity contribution in [3.8, 4) is 5.75 Å². The summed E-state index contributed by atoms with van der Waals surface area (Å²) in [6, 6.07) is 14.6. The largest absolute Gasteiger partial charge is 0.494 e. The number of nitrogens with zero attached hydrogens (tertiary/aromatic N) is 2. The monoisotopic (exact) mass is 441 g/mol. The second-order valence-electron chi connectivity index (χ2n) is 7.97. The lowest BCUT2D eigenvalue weighted by molar-refractivity contribution is 0.0367. The Labute approximate surface area is 192 Å². The number of rotatable bonds is 9. The Kier molecular flexibility index (Phi) is 9.13. The van der Waals surface area contributed by atoms with Gasteiger partial charge in [-0.05, 0) is 56.6 Å². The Bertz CT molecular complexity index is 832. The van der Waals surface area contributed by atoms with Gasteiger partial charge in [0.1, 0.15) is 5.75 Å². The number of benzene rings is 2. The minimum Gasteiger partial charge on any atom is -0.494 e. The Hall–Kier alpha value is -2.15. The molecule has 31 heavy (non-hydrogen) atoms. The fourth-order valence-corrected chi connectivity index (χ4v) is 4.15. The predicted octanol–water partition coefficient (Wildman–Crippen LogP) is 4.62. The maximum Gasteiger partial charge on any atom is 0.173 e. The predicted molar refractivity (Wildman–Crippen MR) is 132 cm³/mol. The smallest absolute Gasteiger partial charge is 0.173 e. The van der Waals surface area contributed by atoms with Gasteiger partial charge in [-0.2, -0.15) is 0 Å². The molecule has 5 nitrogen and oxygen atoms in total. The van der Waals surface area contributed by atoms with E-state index in [1.54, 1.807) is 0 Å². The molecule has 0 radical (unpaired) electrons. The third-order valence-electron chi connectivity index (χ3n) is 5.64. The highest BCUT2D eigenvalue weighted by Crippen LogP contribution is 2.23. The van der Waals surface area contributed by atoms with Crippen LogP contribution in [0.5, 0.6) is 5.75 Å². The van der Waals surface area contributed by atoms with Crippen LogP contribution < -0.4 is 10.1 Å². The third-order valence-corrected chi connectivity index (χ3v) is 6.00. The summed E-state index contributed by atoms with van der Waals surface area (Å²) < 4.78 is 11.3. The molecule has 3 rings (SSSR count). The maximum atomic E-state index is 5.89. The number of para-hydroxylation sites is 2. The molecule has 1 aliphatic heterocycles. The van der Waals surface area contributed by atoms with E-state index >= 15 is 0 Å². The summed E-state index contributed by atoms with van der Waals surface area (Å²) in [4.78, 5) is 4.73. The molecule has 6 heteroatoms. The van der Waals surface area contributed by atoms with Crippen LogP contribution in [0.15, 0.2) is 42.5 Å². The molecule has 0 saturated carbocycles. The highest BCUT2D eigenvalue weighted by atomic mass is 32.1. The fourth-order valence-electron chi connectivity index (χ4n) is 3.90. The highest BCUT2D eigenvalue weighted by Gasteiger charge is 2.16. The zero-order valence-electron chi connectivity index (χ0n) is 19.0. The molecule has 0 atom stereocenters. The van der Waals surface area contributed by atoms with Gasteiger partial charge in [0.15, 0.2) is 5.11 Å². The molecule has 0 amide bonds. The molecule has 0 bridgehead atoms. The molecule has 1 fully saturated rings. The Morgan fingerprint density at radius 1 is 1.10 bits per heavy atom. The van der Waals surface area contributed by atoms with Crippen LogP contribution in [0.2, 0.25) is 0 Å². The van der Waals surface area contributed by atoms with Gasteiger partial charge in [-0.15, -0.1) is 0 Å². The lowest BCUT2D eigenvalue weighted by Gasteiger charge is -2.30. The van der Waals surface area contributed by atoms with Gasteiger partial charge >= 0.3 is 0 Å². The van der Waals surface area contributed by atoms with Gasteiger partial charge in [0, 0.05) is 44.0 Å². The first-order valence-electron chi connectivity index (χ1n) is 11.2. The molecule has 0 spiro atoms. The summed E-state index contributed by atoms with van der Waals surface area (Å²) in [6.45, 7) is 13.2. The number of anilines is 1. The van der Waals surface area contributed by atoms with Crippen molar-refractivity contribution in [2.24, 2.45) is 0 Å². The minimum absolute atomic E-state index is 0.652. The molecule has 1 saturated heterocycles. The van der Waals surface area contributed by atoms with Gasteiger partial charge in [-0.1, -0.05) is 36.4 Å². The van der Waals surface area contributed by atoms with Crippen molar-refractivity contribution in [3.05, 3.63) is 59.2 Å². The van der Waals surface area contributed by atoms with Gasteiger partial charge < -0.3 is 19.7 Å². The normalized spacial score (nSPS) is 14.3. The molecule has 1 N–H and O–H groups in total. The number of hydrogen-bond acceptors (Lipinski definition) is 4. The Morgan fingerprint density at radius 3 is 2.52 bits per heavy atom. The van der Waals surface area contributed by atoms with Crippen LogP contribution in [-0.4, -0.2) is 60.9 Å². The lowest BCUT2D eigenvalue weighted by Crippen LogP contribution is -2.40. The topological polar surface area (TPSA) is 37.0 Å².